The van der Waals surface area contributed by atoms with E-state index in [0.29, 0.717) is 5.92 Å². The summed E-state index contributed by atoms with van der Waals surface area (Å²) in [5.41, 5.74) is 0. The molecule has 1 heterocycles. The summed E-state index contributed by atoms with van der Waals surface area (Å²) in [5, 5.41) is 10.5. The molecule has 2 rings (SSSR count). The molecule has 0 radical (unpaired) electrons. The van der Waals surface area contributed by atoms with Gasteiger partial charge in [0.2, 0.25) is 0 Å². The molecule has 12 heavy (non-hydrogen) atoms. The molecule has 2 nitrogen and oxygen atoms in total. The molecule has 66 valence electrons. The number of aliphatic hydroxyl groups is 1. The van der Waals surface area contributed by atoms with Crippen LogP contribution in [0.5, 0.6) is 0 Å². The lowest BCUT2D eigenvalue weighted by atomic mass is 9.86. The summed E-state index contributed by atoms with van der Waals surface area (Å²) in [6.45, 7) is 1.79. The average Bonchev–Trinajstić information content (AvgIpc) is 2.32. The van der Waals surface area contributed by atoms with E-state index in [-0.39, 0.29) is 6.10 Å². The SMILES string of the molecule is CC(O)c1cnc(C2CCC2)s1. The van der Waals surface area contributed by atoms with Crippen LogP contribution in [0.15, 0.2) is 6.20 Å². The van der Waals surface area contributed by atoms with Crippen LogP contribution in [0.2, 0.25) is 0 Å². The molecule has 1 N–H and O–H groups in total. The first kappa shape index (κ1) is 8.20. The summed E-state index contributed by atoms with van der Waals surface area (Å²) >= 11 is 1.66. The van der Waals surface area contributed by atoms with Gasteiger partial charge in [0.15, 0.2) is 0 Å². The van der Waals surface area contributed by atoms with E-state index in [2.05, 4.69) is 4.98 Å². The highest BCUT2D eigenvalue weighted by atomic mass is 32.1. The van der Waals surface area contributed by atoms with Gasteiger partial charge in [0.25, 0.3) is 0 Å². The molecule has 1 aromatic heterocycles. The minimum Gasteiger partial charge on any atom is -0.388 e. The van der Waals surface area contributed by atoms with Gasteiger partial charge in [0.1, 0.15) is 0 Å². The Morgan fingerprint density at radius 1 is 1.67 bits per heavy atom. The summed E-state index contributed by atoms with van der Waals surface area (Å²) in [6.07, 6.45) is 5.37. The first-order valence-corrected chi connectivity index (χ1v) is 5.22. The van der Waals surface area contributed by atoms with Gasteiger partial charge >= 0.3 is 0 Å². The zero-order chi connectivity index (χ0) is 8.55. The maximum Gasteiger partial charge on any atom is 0.0959 e. The van der Waals surface area contributed by atoms with Crippen molar-refractivity contribution >= 4 is 11.3 Å². The number of nitrogens with zero attached hydrogens (tertiary/aromatic N) is 1. The molecule has 0 aromatic carbocycles. The van der Waals surface area contributed by atoms with Crippen LogP contribution in [0.1, 0.15) is 48.1 Å². The van der Waals surface area contributed by atoms with E-state index in [1.807, 2.05) is 6.20 Å². The number of thiazole rings is 1. The minimum atomic E-state index is -0.351. The Morgan fingerprint density at radius 2 is 2.42 bits per heavy atom. The largest absolute Gasteiger partial charge is 0.388 e. The van der Waals surface area contributed by atoms with E-state index in [1.165, 1.54) is 24.3 Å². The third-order valence-corrected chi connectivity index (χ3v) is 3.74. The van der Waals surface area contributed by atoms with Gasteiger partial charge in [0.05, 0.1) is 16.0 Å². The fourth-order valence-corrected chi connectivity index (χ4v) is 2.36. The third-order valence-electron chi connectivity index (χ3n) is 2.41. The van der Waals surface area contributed by atoms with Crippen molar-refractivity contribution < 1.29 is 5.11 Å². The van der Waals surface area contributed by atoms with Crippen LogP contribution in [0.25, 0.3) is 0 Å². The molecular weight excluding hydrogens is 170 g/mol. The van der Waals surface area contributed by atoms with E-state index < -0.39 is 0 Å². The Labute approximate surface area is 76.3 Å². The van der Waals surface area contributed by atoms with E-state index in [1.54, 1.807) is 18.3 Å². The van der Waals surface area contributed by atoms with Gasteiger partial charge in [-0.3, -0.25) is 0 Å². The lowest BCUT2D eigenvalue weighted by molar-refractivity contribution is 0.203. The average molecular weight is 183 g/mol. The van der Waals surface area contributed by atoms with Gasteiger partial charge in [-0.1, -0.05) is 6.42 Å². The van der Waals surface area contributed by atoms with Crippen LogP contribution in [-0.2, 0) is 0 Å². The smallest absolute Gasteiger partial charge is 0.0959 e. The van der Waals surface area contributed by atoms with Crippen molar-refractivity contribution in [2.24, 2.45) is 0 Å². The van der Waals surface area contributed by atoms with Gasteiger partial charge in [-0.2, -0.15) is 0 Å². The topological polar surface area (TPSA) is 33.1 Å². The molecule has 1 fully saturated rings. The molecule has 0 aliphatic heterocycles. The first-order valence-electron chi connectivity index (χ1n) is 4.41. The van der Waals surface area contributed by atoms with Gasteiger partial charge in [-0.25, -0.2) is 4.98 Å². The maximum absolute atomic E-state index is 9.28. The molecule has 0 saturated heterocycles. The maximum atomic E-state index is 9.28. The second-order valence-corrected chi connectivity index (χ2v) is 4.50. The Morgan fingerprint density at radius 3 is 2.83 bits per heavy atom. The molecular formula is C9H13NOS. The van der Waals surface area contributed by atoms with Gasteiger partial charge in [0, 0.05) is 12.1 Å². The molecule has 1 atom stereocenters. The van der Waals surface area contributed by atoms with Gasteiger partial charge < -0.3 is 5.11 Å². The zero-order valence-corrected chi connectivity index (χ0v) is 7.97. The van der Waals surface area contributed by atoms with Crippen molar-refractivity contribution in [1.82, 2.24) is 4.98 Å². The molecule has 1 aromatic rings. The van der Waals surface area contributed by atoms with Crippen molar-refractivity contribution in [1.29, 1.82) is 0 Å². The highest BCUT2D eigenvalue weighted by molar-refractivity contribution is 7.11. The Kier molecular flexibility index (Phi) is 2.15. The molecule has 0 bridgehead atoms. The van der Waals surface area contributed by atoms with E-state index in [4.69, 9.17) is 0 Å². The van der Waals surface area contributed by atoms with E-state index >= 15 is 0 Å². The molecule has 3 heteroatoms. The lowest BCUT2D eigenvalue weighted by Crippen LogP contribution is -2.07. The Hall–Kier alpha value is -0.410. The number of aliphatic hydroxyl groups excluding tert-OH is 1. The lowest BCUT2D eigenvalue weighted by Gasteiger charge is -2.22. The molecule has 1 unspecified atom stereocenters. The van der Waals surface area contributed by atoms with Crippen molar-refractivity contribution in [3.8, 4) is 0 Å². The quantitative estimate of drug-likeness (QED) is 0.764. The number of hydrogen-bond donors (Lipinski definition) is 1. The standard InChI is InChI=1S/C9H13NOS/c1-6(11)8-5-10-9(12-8)7-3-2-4-7/h5-7,11H,2-4H2,1H3. The number of hydrogen-bond acceptors (Lipinski definition) is 3. The fraction of sp³-hybridized carbons (Fsp3) is 0.667. The minimum absolute atomic E-state index is 0.351. The normalized spacial score (nSPS) is 20.5. The zero-order valence-electron chi connectivity index (χ0n) is 7.16. The van der Waals surface area contributed by atoms with Crippen LogP contribution in [-0.4, -0.2) is 10.1 Å². The second-order valence-electron chi connectivity index (χ2n) is 3.40. The summed E-state index contributed by atoms with van der Waals surface area (Å²) in [7, 11) is 0. The van der Waals surface area contributed by atoms with E-state index in [0.717, 1.165) is 4.88 Å². The molecule has 1 aliphatic carbocycles. The van der Waals surface area contributed by atoms with Crippen LogP contribution in [0.3, 0.4) is 0 Å². The summed E-state index contributed by atoms with van der Waals surface area (Å²) < 4.78 is 0. The van der Waals surface area contributed by atoms with Crippen LogP contribution in [0, 0.1) is 0 Å². The van der Waals surface area contributed by atoms with Gasteiger partial charge in [-0.05, 0) is 19.8 Å². The molecule has 1 aliphatic rings. The second kappa shape index (κ2) is 3.15. The highest BCUT2D eigenvalue weighted by Crippen LogP contribution is 2.38. The predicted molar refractivity (Wildman–Crippen MR) is 49.3 cm³/mol. The summed E-state index contributed by atoms with van der Waals surface area (Å²) in [5.74, 6) is 0.697. The van der Waals surface area contributed by atoms with Gasteiger partial charge in [-0.15, -0.1) is 11.3 Å². The van der Waals surface area contributed by atoms with Crippen molar-refractivity contribution in [2.75, 3.05) is 0 Å². The third kappa shape index (κ3) is 1.39. The van der Waals surface area contributed by atoms with Crippen molar-refractivity contribution in [2.45, 2.75) is 38.2 Å². The Balaban J connectivity index is 2.12. The molecule has 1 saturated carbocycles. The fourth-order valence-electron chi connectivity index (χ4n) is 1.34. The van der Waals surface area contributed by atoms with Crippen molar-refractivity contribution in [3.63, 3.8) is 0 Å². The number of aromatic nitrogens is 1. The van der Waals surface area contributed by atoms with Crippen LogP contribution >= 0.6 is 11.3 Å². The predicted octanol–water partition coefficient (Wildman–Crippen LogP) is 2.46. The monoisotopic (exact) mass is 183 g/mol. The summed E-state index contributed by atoms with van der Waals surface area (Å²) in [4.78, 5) is 5.32. The van der Waals surface area contributed by atoms with E-state index in [9.17, 15) is 5.11 Å². The molecule has 0 amide bonds. The first-order chi connectivity index (χ1) is 5.77. The summed E-state index contributed by atoms with van der Waals surface area (Å²) in [6, 6.07) is 0. The van der Waals surface area contributed by atoms with Crippen LogP contribution < -0.4 is 0 Å². The van der Waals surface area contributed by atoms with Crippen molar-refractivity contribution in [3.05, 3.63) is 16.1 Å². The highest BCUT2D eigenvalue weighted by Gasteiger charge is 2.22. The molecule has 0 spiro atoms. The Bertz CT molecular complexity index is 265. The number of rotatable bonds is 2. The van der Waals surface area contributed by atoms with Crippen LogP contribution in [0.4, 0.5) is 0 Å².